The van der Waals surface area contributed by atoms with Gasteiger partial charge in [-0.25, -0.2) is 0 Å². The Morgan fingerprint density at radius 2 is 1.04 bits per heavy atom. The van der Waals surface area contributed by atoms with Gasteiger partial charge in [-0.2, -0.15) is 0 Å². The third kappa shape index (κ3) is 3.88. The molecule has 1 unspecified atom stereocenters. The van der Waals surface area contributed by atoms with Crippen molar-refractivity contribution >= 4 is 49.6 Å². The maximum atomic E-state index is 11.1. The zero-order valence-electron chi connectivity index (χ0n) is 26.4. The number of fused-ring (bicyclic) bond motifs is 6. The van der Waals surface area contributed by atoms with E-state index in [1.807, 2.05) is 60.7 Å². The standard InChI is InChI=1S/C43H30O6/c1-43(22-10-12-23-11-2-7-19-30(23)43)31-20-8-18-29-34-28(17-9-21-32(34)49-42(29)31)33-24-13-3-5-15-26(24)35(27-16-6-4-14-25(27)33)36-37(44)39(46)41(48)40(47)38(36)45/h2-21,44-48H,22H2,1H3. The van der Waals surface area contributed by atoms with Gasteiger partial charge in [0.25, 0.3) is 0 Å². The molecule has 0 saturated heterocycles. The summed E-state index contributed by atoms with van der Waals surface area (Å²) in [7, 11) is 0. The molecular formula is C43H30O6. The first-order valence-electron chi connectivity index (χ1n) is 16.1. The average molecular weight is 643 g/mol. The summed E-state index contributed by atoms with van der Waals surface area (Å²) in [6.45, 7) is 2.28. The second-order valence-corrected chi connectivity index (χ2v) is 12.9. The number of aromatic hydroxyl groups is 5. The predicted molar refractivity (Wildman–Crippen MR) is 194 cm³/mol. The van der Waals surface area contributed by atoms with Crippen LogP contribution in [0, 0.1) is 0 Å². The maximum absolute atomic E-state index is 11.1. The van der Waals surface area contributed by atoms with E-state index in [1.54, 1.807) is 0 Å². The number of hydrogen-bond acceptors (Lipinski definition) is 6. The number of phenolic OH excluding ortho intramolecular Hbond substituents is 5. The minimum Gasteiger partial charge on any atom is -0.504 e. The van der Waals surface area contributed by atoms with Gasteiger partial charge in [0, 0.05) is 27.3 Å². The van der Waals surface area contributed by atoms with E-state index in [0.717, 1.165) is 55.8 Å². The number of hydrogen-bond donors (Lipinski definition) is 5. The van der Waals surface area contributed by atoms with Gasteiger partial charge in [-0.05, 0) is 56.3 Å². The molecule has 1 atom stereocenters. The fourth-order valence-electron chi connectivity index (χ4n) is 8.03. The molecule has 9 rings (SSSR count). The van der Waals surface area contributed by atoms with Gasteiger partial charge in [0.15, 0.2) is 11.5 Å². The van der Waals surface area contributed by atoms with Crippen molar-refractivity contribution in [2.75, 3.05) is 0 Å². The van der Waals surface area contributed by atoms with E-state index in [-0.39, 0.29) is 11.0 Å². The van der Waals surface area contributed by atoms with Crippen LogP contribution in [0.1, 0.15) is 30.0 Å². The quantitative estimate of drug-likeness (QED) is 0.0744. The fourth-order valence-corrected chi connectivity index (χ4v) is 8.03. The first kappa shape index (κ1) is 28.8. The van der Waals surface area contributed by atoms with Crippen molar-refractivity contribution in [2.45, 2.75) is 18.8 Å². The van der Waals surface area contributed by atoms with Crippen LogP contribution in [0.4, 0.5) is 0 Å². The van der Waals surface area contributed by atoms with E-state index >= 15 is 0 Å². The van der Waals surface area contributed by atoms with Crippen LogP contribution < -0.4 is 0 Å². The summed E-state index contributed by atoms with van der Waals surface area (Å²) in [5.74, 6) is -4.31. The molecule has 7 aromatic carbocycles. The lowest BCUT2D eigenvalue weighted by Crippen LogP contribution is -2.26. The topological polar surface area (TPSA) is 114 Å². The van der Waals surface area contributed by atoms with Crippen molar-refractivity contribution in [3.8, 4) is 51.0 Å². The summed E-state index contributed by atoms with van der Waals surface area (Å²) in [5.41, 5.74) is 6.97. The Balaban J connectivity index is 1.38. The molecular weight excluding hydrogens is 612 g/mol. The van der Waals surface area contributed by atoms with Crippen LogP contribution in [0.25, 0.3) is 71.8 Å². The predicted octanol–water partition coefficient (Wildman–Crippen LogP) is 10.5. The molecule has 5 N–H and O–H groups in total. The molecule has 1 aromatic heterocycles. The summed E-state index contributed by atoms with van der Waals surface area (Å²) < 4.78 is 6.80. The van der Waals surface area contributed by atoms with Crippen molar-refractivity contribution in [2.24, 2.45) is 0 Å². The maximum Gasteiger partial charge on any atom is 0.208 e. The molecule has 1 aliphatic carbocycles. The first-order valence-corrected chi connectivity index (χ1v) is 16.1. The van der Waals surface area contributed by atoms with Crippen molar-refractivity contribution < 1.29 is 29.9 Å². The van der Waals surface area contributed by atoms with Crippen LogP contribution in [0.5, 0.6) is 28.7 Å². The lowest BCUT2D eigenvalue weighted by Gasteiger charge is -2.33. The summed E-state index contributed by atoms with van der Waals surface area (Å²) in [5, 5.41) is 58.3. The van der Waals surface area contributed by atoms with E-state index in [4.69, 9.17) is 4.42 Å². The molecule has 0 saturated carbocycles. The van der Waals surface area contributed by atoms with Gasteiger partial charge in [0.05, 0.1) is 5.56 Å². The van der Waals surface area contributed by atoms with Crippen molar-refractivity contribution in [1.29, 1.82) is 0 Å². The first-order chi connectivity index (χ1) is 23.8. The molecule has 0 amide bonds. The molecule has 8 aromatic rings. The Kier molecular flexibility index (Phi) is 6.05. The third-order valence-corrected chi connectivity index (χ3v) is 10.3. The molecule has 238 valence electrons. The zero-order valence-corrected chi connectivity index (χ0v) is 26.4. The SMILES string of the molecule is CC1(c2cccc3c2oc2cccc(-c4c5ccccc5c(-c5c(O)c(O)c(O)c(O)c5O)c5ccccc45)c23)CC=Cc2ccccc21. The van der Waals surface area contributed by atoms with Gasteiger partial charge in [-0.3, -0.25) is 0 Å². The summed E-state index contributed by atoms with van der Waals surface area (Å²) in [4.78, 5) is 0. The van der Waals surface area contributed by atoms with Crippen LogP contribution in [-0.2, 0) is 5.41 Å². The number of para-hydroxylation sites is 1. The highest BCUT2D eigenvalue weighted by molar-refractivity contribution is 6.26. The van der Waals surface area contributed by atoms with Crippen LogP contribution in [0.2, 0.25) is 0 Å². The summed E-state index contributed by atoms with van der Waals surface area (Å²) in [6, 6.07) is 36.3. The Morgan fingerprint density at radius 1 is 0.510 bits per heavy atom. The van der Waals surface area contributed by atoms with Gasteiger partial charge in [-0.1, -0.05) is 122 Å². The number of rotatable bonds is 3. The molecule has 1 heterocycles. The van der Waals surface area contributed by atoms with Crippen LogP contribution in [0.3, 0.4) is 0 Å². The molecule has 6 nitrogen and oxygen atoms in total. The Morgan fingerprint density at radius 3 is 1.71 bits per heavy atom. The van der Waals surface area contributed by atoms with Gasteiger partial charge in [-0.15, -0.1) is 0 Å². The van der Waals surface area contributed by atoms with E-state index in [1.165, 1.54) is 11.1 Å². The fraction of sp³-hybridized carbons (Fsp3) is 0.0698. The van der Waals surface area contributed by atoms with Crippen molar-refractivity contribution in [3.05, 3.63) is 132 Å². The Bertz CT molecular complexity index is 2630. The molecule has 0 aliphatic heterocycles. The minimum atomic E-state index is -0.997. The highest BCUT2D eigenvalue weighted by Crippen LogP contribution is 2.58. The molecule has 0 bridgehead atoms. The van der Waals surface area contributed by atoms with E-state index < -0.39 is 28.7 Å². The molecule has 1 aliphatic rings. The van der Waals surface area contributed by atoms with E-state index in [2.05, 4.69) is 67.6 Å². The second kappa shape index (κ2) is 10.3. The number of allylic oxidation sites excluding steroid dienone is 1. The lowest BCUT2D eigenvalue weighted by molar-refractivity contribution is 0.330. The van der Waals surface area contributed by atoms with Crippen LogP contribution >= 0.6 is 0 Å². The molecule has 0 fully saturated rings. The highest BCUT2D eigenvalue weighted by Gasteiger charge is 2.35. The van der Waals surface area contributed by atoms with Crippen LogP contribution in [0.15, 0.2) is 120 Å². The highest BCUT2D eigenvalue weighted by atomic mass is 16.4. The smallest absolute Gasteiger partial charge is 0.208 e. The molecule has 0 radical (unpaired) electrons. The summed E-state index contributed by atoms with van der Waals surface area (Å²) >= 11 is 0. The Hall–Kier alpha value is -6.40. The summed E-state index contributed by atoms with van der Waals surface area (Å²) in [6.07, 6.45) is 5.26. The second-order valence-electron chi connectivity index (χ2n) is 12.9. The van der Waals surface area contributed by atoms with Crippen LogP contribution in [-0.4, -0.2) is 25.5 Å². The molecule has 49 heavy (non-hydrogen) atoms. The largest absolute Gasteiger partial charge is 0.504 e. The van der Waals surface area contributed by atoms with E-state index in [0.29, 0.717) is 16.3 Å². The van der Waals surface area contributed by atoms with Gasteiger partial charge in [0.1, 0.15) is 11.2 Å². The normalized spacial score (nSPS) is 15.8. The average Bonchev–Trinajstić information content (AvgIpc) is 3.52. The van der Waals surface area contributed by atoms with Gasteiger partial charge in [0.2, 0.25) is 17.2 Å². The number of phenols is 5. The van der Waals surface area contributed by atoms with Crippen molar-refractivity contribution in [1.82, 2.24) is 0 Å². The zero-order chi connectivity index (χ0) is 33.6. The van der Waals surface area contributed by atoms with Crippen molar-refractivity contribution in [3.63, 3.8) is 0 Å². The minimum absolute atomic E-state index is 0.182. The number of furan rings is 1. The monoisotopic (exact) mass is 642 g/mol. The molecule has 6 heteroatoms. The van der Waals surface area contributed by atoms with E-state index in [9.17, 15) is 25.5 Å². The number of benzene rings is 7. The third-order valence-electron chi connectivity index (χ3n) is 10.3. The lowest BCUT2D eigenvalue weighted by atomic mass is 9.69. The Labute approximate surface area is 280 Å². The van der Waals surface area contributed by atoms with Gasteiger partial charge < -0.3 is 29.9 Å². The van der Waals surface area contributed by atoms with Gasteiger partial charge >= 0.3 is 0 Å². The molecule has 0 spiro atoms.